The van der Waals surface area contributed by atoms with Gasteiger partial charge in [0.15, 0.2) is 15.4 Å². The molecule has 0 amide bonds. The Morgan fingerprint density at radius 2 is 2.05 bits per heavy atom. The Bertz CT molecular complexity index is 768. The number of hydrogen-bond acceptors (Lipinski definition) is 5. The number of pyridine rings is 1. The number of nitrogens with zero attached hydrogens (tertiary/aromatic N) is 2. The molecule has 0 saturated carbocycles. The average Bonchev–Trinajstić information content (AvgIpc) is 2.37. The van der Waals surface area contributed by atoms with Crippen LogP contribution in [0.5, 0.6) is 0 Å². The summed E-state index contributed by atoms with van der Waals surface area (Å²) in [4.78, 5) is 13.8. The molecular weight excluding hydrogens is 268 g/mol. The summed E-state index contributed by atoms with van der Waals surface area (Å²) in [5.74, 6) is -0.764. The molecule has 7 heteroatoms. The van der Waals surface area contributed by atoms with Gasteiger partial charge in [-0.25, -0.2) is 8.42 Å². The van der Waals surface area contributed by atoms with Crippen LogP contribution in [0.1, 0.15) is 0 Å². The first-order chi connectivity index (χ1) is 8.95. The highest BCUT2D eigenvalue weighted by atomic mass is 32.2. The number of fused-ring (bicyclic) bond motifs is 1. The van der Waals surface area contributed by atoms with E-state index in [0.29, 0.717) is 5.39 Å². The Morgan fingerprint density at radius 1 is 1.37 bits per heavy atom. The fourth-order valence-corrected chi connectivity index (χ4v) is 3.01. The fourth-order valence-electron chi connectivity index (χ4n) is 1.73. The zero-order valence-electron chi connectivity index (χ0n) is 9.81. The number of hydrogen-bond donors (Lipinski definition) is 0. The zero-order valence-corrected chi connectivity index (χ0v) is 10.6. The van der Waals surface area contributed by atoms with Gasteiger partial charge in [0.2, 0.25) is 0 Å². The number of aromatic nitrogens is 1. The van der Waals surface area contributed by atoms with Crippen molar-refractivity contribution in [2.75, 3.05) is 5.75 Å². The van der Waals surface area contributed by atoms with E-state index in [2.05, 4.69) is 11.6 Å². The van der Waals surface area contributed by atoms with Crippen molar-refractivity contribution < 1.29 is 13.3 Å². The third-order valence-electron chi connectivity index (χ3n) is 2.52. The van der Waals surface area contributed by atoms with Gasteiger partial charge in [0.25, 0.3) is 0 Å². The summed E-state index contributed by atoms with van der Waals surface area (Å²) in [5.41, 5.74) is 0.277. The monoisotopic (exact) mass is 278 g/mol. The molecular formula is C12H10N2O4S. The van der Waals surface area contributed by atoms with E-state index < -0.39 is 20.6 Å². The number of nitro groups is 1. The maximum absolute atomic E-state index is 12.1. The topological polar surface area (TPSA) is 90.2 Å². The normalized spacial score (nSPS) is 11.4. The van der Waals surface area contributed by atoms with Gasteiger partial charge in [-0.2, -0.15) is 0 Å². The van der Waals surface area contributed by atoms with Crippen LogP contribution in [0.2, 0.25) is 0 Å². The van der Waals surface area contributed by atoms with Crippen molar-refractivity contribution in [1.82, 2.24) is 4.98 Å². The minimum atomic E-state index is -3.66. The molecule has 0 aliphatic rings. The lowest BCUT2D eigenvalue weighted by atomic mass is 10.2. The molecule has 1 heterocycles. The molecule has 0 saturated heterocycles. The maximum atomic E-state index is 12.1. The van der Waals surface area contributed by atoms with Crippen molar-refractivity contribution >= 4 is 26.6 Å². The van der Waals surface area contributed by atoms with Gasteiger partial charge >= 0.3 is 5.82 Å². The van der Waals surface area contributed by atoms with Crippen molar-refractivity contribution in [1.29, 1.82) is 0 Å². The zero-order chi connectivity index (χ0) is 14.0. The van der Waals surface area contributed by atoms with Crippen LogP contribution in [0, 0.1) is 10.1 Å². The molecule has 0 fully saturated rings. The largest absolute Gasteiger partial charge is 0.365 e. The van der Waals surface area contributed by atoms with E-state index in [0.717, 1.165) is 6.07 Å². The van der Waals surface area contributed by atoms with E-state index in [1.807, 2.05) is 0 Å². The number of benzene rings is 1. The smallest absolute Gasteiger partial charge is 0.358 e. The standard InChI is InChI=1S/C12H10N2O4S/c1-2-7-19(17,18)11-8-12(14(15)16)13-10-6-4-3-5-9(10)11/h2-6,8H,1,7H2. The van der Waals surface area contributed by atoms with Crippen molar-refractivity contribution in [3.8, 4) is 0 Å². The molecule has 2 rings (SSSR count). The van der Waals surface area contributed by atoms with Crippen LogP contribution < -0.4 is 0 Å². The number of sulfone groups is 1. The van der Waals surface area contributed by atoms with Crippen LogP contribution >= 0.6 is 0 Å². The molecule has 0 aliphatic carbocycles. The lowest BCUT2D eigenvalue weighted by molar-refractivity contribution is -0.389. The maximum Gasteiger partial charge on any atom is 0.365 e. The average molecular weight is 278 g/mol. The lowest BCUT2D eigenvalue weighted by Gasteiger charge is -2.04. The van der Waals surface area contributed by atoms with Crippen LogP contribution in [-0.2, 0) is 9.84 Å². The van der Waals surface area contributed by atoms with Crippen LogP contribution in [0.15, 0.2) is 47.9 Å². The van der Waals surface area contributed by atoms with E-state index in [1.165, 1.54) is 12.1 Å². The van der Waals surface area contributed by atoms with E-state index >= 15 is 0 Å². The first kappa shape index (κ1) is 13.2. The second-order valence-electron chi connectivity index (χ2n) is 3.82. The van der Waals surface area contributed by atoms with Gasteiger partial charge in [-0.1, -0.05) is 18.2 Å². The highest BCUT2D eigenvalue weighted by Crippen LogP contribution is 2.26. The molecule has 98 valence electrons. The van der Waals surface area contributed by atoms with Crippen molar-refractivity contribution in [3.05, 3.63) is 53.1 Å². The summed E-state index contributed by atoms with van der Waals surface area (Å²) in [7, 11) is -3.66. The van der Waals surface area contributed by atoms with Gasteiger partial charge in [-0.3, -0.25) is 0 Å². The van der Waals surface area contributed by atoms with Crippen LogP contribution in [-0.4, -0.2) is 24.1 Å². The molecule has 6 nitrogen and oxygen atoms in total. The molecule has 0 bridgehead atoms. The quantitative estimate of drug-likeness (QED) is 0.485. The van der Waals surface area contributed by atoms with E-state index in [1.54, 1.807) is 18.2 Å². The molecule has 0 unspecified atom stereocenters. The molecule has 1 aromatic heterocycles. The molecule has 2 aromatic rings. The molecule has 19 heavy (non-hydrogen) atoms. The van der Waals surface area contributed by atoms with Gasteiger partial charge in [0.1, 0.15) is 0 Å². The van der Waals surface area contributed by atoms with Gasteiger partial charge in [-0.15, -0.1) is 6.58 Å². The number of para-hydroxylation sites is 1. The fraction of sp³-hybridized carbons (Fsp3) is 0.0833. The Labute approximate surface area is 109 Å². The van der Waals surface area contributed by atoms with Gasteiger partial charge in [0, 0.05) is 5.39 Å². The Balaban J connectivity index is 2.84. The molecule has 1 aromatic carbocycles. The molecule has 0 atom stereocenters. The highest BCUT2D eigenvalue weighted by Gasteiger charge is 2.22. The lowest BCUT2D eigenvalue weighted by Crippen LogP contribution is -2.07. The van der Waals surface area contributed by atoms with Gasteiger partial charge in [-0.05, 0) is 22.0 Å². The van der Waals surface area contributed by atoms with E-state index in [-0.39, 0.29) is 16.2 Å². The summed E-state index contributed by atoms with van der Waals surface area (Å²) in [5, 5.41) is 11.2. The third-order valence-corrected chi connectivity index (χ3v) is 4.21. The van der Waals surface area contributed by atoms with Crippen molar-refractivity contribution in [3.63, 3.8) is 0 Å². The first-order valence-electron chi connectivity index (χ1n) is 5.33. The van der Waals surface area contributed by atoms with Gasteiger partial charge in [0.05, 0.1) is 16.7 Å². The second kappa shape index (κ2) is 4.77. The molecule has 0 spiro atoms. The minimum absolute atomic E-state index is 0.0929. The Kier molecular flexibility index (Phi) is 3.30. The summed E-state index contributed by atoms with van der Waals surface area (Å²) in [6, 6.07) is 7.39. The summed E-state index contributed by atoms with van der Waals surface area (Å²) >= 11 is 0. The highest BCUT2D eigenvalue weighted by molar-refractivity contribution is 7.91. The van der Waals surface area contributed by atoms with E-state index in [9.17, 15) is 18.5 Å². The van der Waals surface area contributed by atoms with Crippen molar-refractivity contribution in [2.45, 2.75) is 4.90 Å². The SMILES string of the molecule is C=CCS(=O)(=O)c1cc([N+](=O)[O-])nc2ccccc12. The van der Waals surface area contributed by atoms with Crippen LogP contribution in [0.4, 0.5) is 5.82 Å². The third kappa shape index (κ3) is 2.45. The second-order valence-corrected chi connectivity index (χ2v) is 5.83. The van der Waals surface area contributed by atoms with E-state index in [4.69, 9.17) is 0 Å². The number of rotatable bonds is 4. The van der Waals surface area contributed by atoms with Gasteiger partial charge < -0.3 is 10.1 Å². The minimum Gasteiger partial charge on any atom is -0.358 e. The van der Waals surface area contributed by atoms with Crippen molar-refractivity contribution in [2.24, 2.45) is 0 Å². The molecule has 0 aliphatic heterocycles. The first-order valence-corrected chi connectivity index (χ1v) is 6.99. The molecule has 0 N–H and O–H groups in total. The Morgan fingerprint density at radius 3 is 2.68 bits per heavy atom. The summed E-state index contributed by atoms with van der Waals surface area (Å²) < 4.78 is 24.2. The van der Waals surface area contributed by atoms with Crippen LogP contribution in [0.25, 0.3) is 10.9 Å². The summed E-state index contributed by atoms with van der Waals surface area (Å²) in [6.07, 6.45) is 1.25. The summed E-state index contributed by atoms with van der Waals surface area (Å²) in [6.45, 7) is 3.38. The Hall–Kier alpha value is -2.28. The van der Waals surface area contributed by atoms with Crippen LogP contribution in [0.3, 0.4) is 0 Å². The predicted octanol–water partition coefficient (Wildman–Crippen LogP) is 2.10. The molecule has 0 radical (unpaired) electrons. The predicted molar refractivity (Wildman–Crippen MR) is 70.6 cm³/mol.